The summed E-state index contributed by atoms with van der Waals surface area (Å²) in [5, 5.41) is 25.3. The predicted octanol–water partition coefficient (Wildman–Crippen LogP) is 2.93. The minimum absolute atomic E-state index is 0.0462. The van der Waals surface area contributed by atoms with Crippen molar-refractivity contribution in [2.45, 2.75) is 223 Å². The molecule has 0 spiro atoms. The minimum atomic E-state index is -2.60. The monoisotopic (exact) mass is 1190 g/mol. The van der Waals surface area contributed by atoms with E-state index in [0.717, 1.165) is 14.7 Å². The molecular formula is C61H109N11O12. The van der Waals surface area contributed by atoms with Gasteiger partial charge in [0.25, 0.3) is 0 Å². The van der Waals surface area contributed by atoms with E-state index < -0.39 is 175 Å². The molecule has 1 heterocycles. The smallest absolute Gasteiger partial charge is 0.246 e. The highest BCUT2D eigenvalue weighted by molar-refractivity contribution is 5.99. The van der Waals surface area contributed by atoms with Crippen molar-refractivity contribution in [3.05, 3.63) is 12.2 Å². The lowest BCUT2D eigenvalue weighted by atomic mass is 9.91. The third kappa shape index (κ3) is 21.7. The summed E-state index contributed by atoms with van der Waals surface area (Å²) in [4.78, 5) is 167. The third-order valence-electron chi connectivity index (χ3n) is 15.5. The van der Waals surface area contributed by atoms with Gasteiger partial charge in [-0.1, -0.05) is 109 Å². The Balaban J connectivity index is 4.34. The van der Waals surface area contributed by atoms with Gasteiger partial charge in [-0.15, -0.1) is 0 Å². The lowest BCUT2D eigenvalue weighted by Gasteiger charge is -2.41. The quantitative estimate of drug-likeness (QED) is 0.129. The number of allylic oxidation sites excluding steroid dienone is 2. The first-order valence-electron chi connectivity index (χ1n) is 31.4. The molecule has 0 bridgehead atoms. The number of hydrogen-bond donors (Lipinski definition) is 6. The number of nitrogens with zero attached hydrogens (tertiary/aromatic N) is 6. The predicted molar refractivity (Wildman–Crippen MR) is 324 cm³/mol. The number of carbonyl (C=O) groups excluding carboxylic acids is 11. The number of nitrogens with one attached hydrogen (secondary N) is 5. The van der Waals surface area contributed by atoms with Crippen molar-refractivity contribution in [2.24, 2.45) is 41.4 Å². The fourth-order valence-electron chi connectivity index (χ4n) is 10.4. The van der Waals surface area contributed by atoms with E-state index in [9.17, 15) is 48.3 Å². The van der Waals surface area contributed by atoms with Crippen molar-refractivity contribution in [3.63, 3.8) is 0 Å². The van der Waals surface area contributed by atoms with Crippen LogP contribution in [0.25, 0.3) is 0 Å². The molecule has 1 rings (SSSR count). The highest BCUT2D eigenvalue weighted by Gasteiger charge is 2.45. The first-order valence-corrected chi connectivity index (χ1v) is 29.9. The summed E-state index contributed by atoms with van der Waals surface area (Å²) in [5.74, 6) is -12.1. The highest BCUT2D eigenvalue weighted by atomic mass is 16.3. The molecular weight excluding hydrogens is 1080 g/mol. The molecule has 11 amide bonds. The Kier molecular flexibility index (Phi) is 29.1. The number of aliphatic hydroxyl groups is 1. The fourth-order valence-corrected chi connectivity index (χ4v) is 10.4. The second-order valence-corrected chi connectivity index (χ2v) is 25.2. The van der Waals surface area contributed by atoms with Gasteiger partial charge in [0.2, 0.25) is 65.0 Å². The van der Waals surface area contributed by atoms with Crippen LogP contribution in [-0.4, -0.2) is 215 Å². The standard InChI is InChI=1S/C61H109N11O12/c1-24-26-27-39(15)51(74)50-55(78)65-42(25-2)57(80)67(18)32-47(73)64-43(28-33(3)4)53(76)66-48(37(11)12)60(83)68(19)44(29-34(5)6)54(77)62-40(16)52(75)63-41(17)56(79)69(20)45(30-35(7)8)58(81)70(21)46(31-36(9)10)59(82)71(22)49(38(13)14)61(84)72(50)23/h24,26,33-46,48-51,74H,25,27-32H2,1-23H3,(H,62,77)(H,63,75)(H,64,73)(H,65,78)(H,66,76)/b26-24+/t39-,40?,41?,42+,43+,44+,45+,46+,48+,49+,50+,51-/m1/s1/i3D3/t33?,39-,40?,41?,42+,43+,44+,45+,46+,48+,49+,50+,51-. The Morgan fingerprint density at radius 3 is 1.45 bits per heavy atom. The molecule has 480 valence electrons. The van der Waals surface area contributed by atoms with E-state index in [0.29, 0.717) is 0 Å². The van der Waals surface area contributed by atoms with Gasteiger partial charge in [-0.05, 0) is 101 Å². The van der Waals surface area contributed by atoms with E-state index in [1.54, 1.807) is 60.6 Å². The van der Waals surface area contributed by atoms with E-state index in [1.165, 1.54) is 77.8 Å². The topological polar surface area (TPSA) is 288 Å². The molecule has 0 aromatic heterocycles. The van der Waals surface area contributed by atoms with Gasteiger partial charge in [0.1, 0.15) is 60.4 Å². The molecule has 84 heavy (non-hydrogen) atoms. The van der Waals surface area contributed by atoms with Crippen LogP contribution >= 0.6 is 0 Å². The van der Waals surface area contributed by atoms with Crippen LogP contribution in [0.5, 0.6) is 0 Å². The van der Waals surface area contributed by atoms with Crippen LogP contribution in [0.4, 0.5) is 0 Å². The number of rotatable bonds is 15. The Hall–Kier alpha value is -6.13. The zero-order valence-corrected chi connectivity index (χ0v) is 54.6. The summed E-state index contributed by atoms with van der Waals surface area (Å²) in [6.07, 6.45) is 2.13. The van der Waals surface area contributed by atoms with E-state index in [4.69, 9.17) is 4.11 Å². The van der Waals surface area contributed by atoms with Gasteiger partial charge < -0.3 is 61.1 Å². The van der Waals surface area contributed by atoms with E-state index in [2.05, 4.69) is 26.6 Å². The lowest BCUT2D eigenvalue weighted by Crippen LogP contribution is -2.63. The van der Waals surface area contributed by atoms with Crippen LogP contribution in [0.2, 0.25) is 0 Å². The molecule has 1 aliphatic rings. The molecule has 1 aliphatic heterocycles. The molecule has 3 unspecified atom stereocenters. The summed E-state index contributed by atoms with van der Waals surface area (Å²) in [6.45, 7) is 23.6. The van der Waals surface area contributed by atoms with Crippen molar-refractivity contribution < 1.29 is 62.0 Å². The SMILES string of the molecule is [2H]C([2H])([2H])C(C)C[C@@H]1NC(=O)CN(C)C(=O)[C@H](CC)NC(=O)[C@H]([C@H](O)[C@H](C)C/C=C/C)N(C)C(=O)[C@H](C(C)C)N(C)C(=O)[C@H](CC(C)C)N(C)C(=O)[C@H](CC(C)C)N(C)C(=O)C(C)NC(=O)C(C)NC(=O)[C@H](CC(C)C)N(C)C(=O)[C@H](C(C)C)NC1=O. The summed E-state index contributed by atoms with van der Waals surface area (Å²) in [7, 11) is 8.22. The van der Waals surface area contributed by atoms with Crippen LogP contribution in [0.15, 0.2) is 12.2 Å². The van der Waals surface area contributed by atoms with Crippen LogP contribution in [0.3, 0.4) is 0 Å². The highest BCUT2D eigenvalue weighted by Crippen LogP contribution is 2.25. The summed E-state index contributed by atoms with van der Waals surface area (Å²) >= 11 is 0. The van der Waals surface area contributed by atoms with E-state index in [-0.39, 0.29) is 49.9 Å². The first-order chi connectivity index (χ1) is 40.0. The van der Waals surface area contributed by atoms with Gasteiger partial charge in [-0.25, -0.2) is 0 Å². The maximum atomic E-state index is 15.1. The summed E-state index contributed by atoms with van der Waals surface area (Å²) in [5.41, 5.74) is 0. The number of aliphatic hydroxyl groups excluding tert-OH is 1. The fraction of sp³-hybridized carbons (Fsp3) is 0.787. The van der Waals surface area contributed by atoms with Crippen molar-refractivity contribution >= 4 is 65.0 Å². The van der Waals surface area contributed by atoms with E-state index in [1.807, 2.05) is 41.5 Å². The Morgan fingerprint density at radius 1 is 0.500 bits per heavy atom. The minimum Gasteiger partial charge on any atom is -0.390 e. The van der Waals surface area contributed by atoms with Crippen molar-refractivity contribution in [1.29, 1.82) is 0 Å². The van der Waals surface area contributed by atoms with Gasteiger partial charge in [0, 0.05) is 46.4 Å². The molecule has 0 radical (unpaired) electrons. The molecule has 0 saturated carbocycles. The van der Waals surface area contributed by atoms with Crippen molar-refractivity contribution in [2.75, 3.05) is 48.8 Å². The number of hydrogen-bond acceptors (Lipinski definition) is 12. The summed E-state index contributed by atoms with van der Waals surface area (Å²) < 4.78 is 24.2. The maximum absolute atomic E-state index is 15.1. The largest absolute Gasteiger partial charge is 0.390 e. The molecule has 6 N–H and O–H groups in total. The number of likely N-dealkylation sites (N-methyl/N-ethyl adjacent to an activating group) is 6. The average molecular weight is 1190 g/mol. The number of carbonyl (C=O) groups is 11. The Morgan fingerprint density at radius 2 is 0.976 bits per heavy atom. The van der Waals surface area contributed by atoms with Gasteiger partial charge in [-0.2, -0.15) is 0 Å². The lowest BCUT2D eigenvalue weighted by molar-refractivity contribution is -0.157. The van der Waals surface area contributed by atoms with Crippen LogP contribution in [0.1, 0.15) is 160 Å². The third-order valence-corrected chi connectivity index (χ3v) is 15.5. The zero-order chi connectivity index (χ0) is 67.6. The molecule has 23 nitrogen and oxygen atoms in total. The molecule has 0 aromatic rings. The van der Waals surface area contributed by atoms with Crippen molar-refractivity contribution in [1.82, 2.24) is 56.0 Å². The van der Waals surface area contributed by atoms with Crippen LogP contribution in [0, 0.1) is 41.4 Å². The molecule has 23 heteroatoms. The molecule has 13 atom stereocenters. The van der Waals surface area contributed by atoms with Gasteiger partial charge in [0.15, 0.2) is 0 Å². The molecule has 1 fully saturated rings. The van der Waals surface area contributed by atoms with Crippen LogP contribution in [-0.2, 0) is 52.7 Å². The molecule has 1 saturated heterocycles. The van der Waals surface area contributed by atoms with Crippen LogP contribution < -0.4 is 26.6 Å². The number of amides is 11. The average Bonchev–Trinajstić information content (AvgIpc) is 1.22. The van der Waals surface area contributed by atoms with Gasteiger partial charge in [-0.3, -0.25) is 52.7 Å². The Bertz CT molecular complexity index is 2410. The zero-order valence-electron chi connectivity index (χ0n) is 57.6. The summed E-state index contributed by atoms with van der Waals surface area (Å²) in [6, 6.07) is -13.3. The maximum Gasteiger partial charge on any atom is 0.246 e. The van der Waals surface area contributed by atoms with Gasteiger partial charge in [0.05, 0.1) is 12.6 Å². The molecule has 0 aromatic carbocycles. The molecule has 0 aliphatic carbocycles. The second kappa shape index (κ2) is 34.7. The van der Waals surface area contributed by atoms with Crippen molar-refractivity contribution in [3.8, 4) is 0 Å². The first kappa shape index (κ1) is 70.4. The van der Waals surface area contributed by atoms with Gasteiger partial charge >= 0.3 is 0 Å². The normalized spacial score (nSPS) is 28.0. The van der Waals surface area contributed by atoms with E-state index >= 15 is 9.59 Å². The second-order valence-electron chi connectivity index (χ2n) is 25.2. The Labute approximate surface area is 506 Å².